The van der Waals surface area contributed by atoms with Crippen LogP contribution in [0.25, 0.3) is 0 Å². The molecule has 2 aliphatic rings. The number of piperidine rings is 2. The molecule has 0 bridgehead atoms. The summed E-state index contributed by atoms with van der Waals surface area (Å²) in [6.07, 6.45) is 6.74. The summed E-state index contributed by atoms with van der Waals surface area (Å²) in [5.41, 5.74) is 1.67. The standard InChI is InChI=1S/C19H30N4O2/c1-14-15(2)20-13-23(19(14)25)11-16-7-9-22(10-8-16)12-17-5-4-6-18(24)21(17)3/h13,16-17H,4-12H2,1-3H3. The van der Waals surface area contributed by atoms with Gasteiger partial charge < -0.3 is 9.80 Å². The van der Waals surface area contributed by atoms with Crippen LogP contribution < -0.4 is 5.56 Å². The third kappa shape index (κ3) is 4.11. The highest BCUT2D eigenvalue weighted by Gasteiger charge is 2.28. The third-order valence-corrected chi connectivity index (χ3v) is 6.02. The summed E-state index contributed by atoms with van der Waals surface area (Å²) in [5.74, 6) is 0.816. The van der Waals surface area contributed by atoms with Gasteiger partial charge in [-0.2, -0.15) is 0 Å². The van der Waals surface area contributed by atoms with Crippen molar-refractivity contribution in [1.29, 1.82) is 0 Å². The summed E-state index contributed by atoms with van der Waals surface area (Å²) in [6.45, 7) is 7.59. The molecule has 1 atom stereocenters. The zero-order chi connectivity index (χ0) is 18.0. The summed E-state index contributed by atoms with van der Waals surface area (Å²) in [5, 5.41) is 0. The van der Waals surface area contributed by atoms with Gasteiger partial charge in [-0.05, 0) is 58.5 Å². The number of likely N-dealkylation sites (N-methyl/N-ethyl adjacent to an activating group) is 1. The predicted octanol–water partition coefficient (Wildman–Crippen LogP) is 1.58. The number of hydrogen-bond acceptors (Lipinski definition) is 4. The van der Waals surface area contributed by atoms with Crippen LogP contribution in [0.2, 0.25) is 0 Å². The van der Waals surface area contributed by atoms with E-state index in [2.05, 4.69) is 9.88 Å². The maximum Gasteiger partial charge on any atom is 0.256 e. The second-order valence-electron chi connectivity index (χ2n) is 7.71. The summed E-state index contributed by atoms with van der Waals surface area (Å²) in [4.78, 5) is 32.9. The highest BCUT2D eigenvalue weighted by atomic mass is 16.2. The Kier molecular flexibility index (Phi) is 5.57. The molecule has 0 radical (unpaired) electrons. The molecule has 138 valence electrons. The Balaban J connectivity index is 1.51. The lowest BCUT2D eigenvalue weighted by Crippen LogP contribution is -2.49. The van der Waals surface area contributed by atoms with E-state index in [0.29, 0.717) is 18.4 Å². The van der Waals surface area contributed by atoms with Crippen LogP contribution in [0.3, 0.4) is 0 Å². The molecule has 0 aromatic carbocycles. The van der Waals surface area contributed by atoms with E-state index in [-0.39, 0.29) is 11.5 Å². The van der Waals surface area contributed by atoms with Gasteiger partial charge in [-0.15, -0.1) is 0 Å². The molecule has 2 saturated heterocycles. The number of carbonyl (C=O) groups excluding carboxylic acids is 1. The summed E-state index contributed by atoms with van der Waals surface area (Å²) in [6, 6.07) is 0.365. The van der Waals surface area contributed by atoms with Crippen LogP contribution in [-0.2, 0) is 11.3 Å². The minimum atomic E-state index is 0.0947. The Labute approximate surface area is 149 Å². The number of amides is 1. The first-order valence-electron chi connectivity index (χ1n) is 9.46. The molecule has 25 heavy (non-hydrogen) atoms. The van der Waals surface area contributed by atoms with Gasteiger partial charge in [-0.1, -0.05) is 0 Å². The molecule has 0 spiro atoms. The van der Waals surface area contributed by atoms with Crippen LogP contribution in [0.1, 0.15) is 43.4 Å². The van der Waals surface area contributed by atoms with Crippen LogP contribution in [0, 0.1) is 19.8 Å². The van der Waals surface area contributed by atoms with Crippen LogP contribution >= 0.6 is 0 Å². The number of aromatic nitrogens is 2. The van der Waals surface area contributed by atoms with Gasteiger partial charge in [0, 0.05) is 43.9 Å². The van der Waals surface area contributed by atoms with Gasteiger partial charge in [0.1, 0.15) is 0 Å². The Bertz CT molecular complexity index is 676. The van der Waals surface area contributed by atoms with Gasteiger partial charge in [-0.3, -0.25) is 14.2 Å². The van der Waals surface area contributed by atoms with Crippen LogP contribution in [0.5, 0.6) is 0 Å². The van der Waals surface area contributed by atoms with E-state index in [9.17, 15) is 9.59 Å². The largest absolute Gasteiger partial charge is 0.341 e. The molecule has 2 aliphatic heterocycles. The number of likely N-dealkylation sites (tertiary alicyclic amines) is 2. The van der Waals surface area contributed by atoms with E-state index in [1.807, 2.05) is 25.8 Å². The molecule has 2 fully saturated rings. The molecule has 1 aromatic rings. The number of carbonyl (C=O) groups is 1. The predicted molar refractivity (Wildman–Crippen MR) is 97.5 cm³/mol. The zero-order valence-corrected chi connectivity index (χ0v) is 15.7. The first kappa shape index (κ1) is 18.1. The fourth-order valence-electron chi connectivity index (χ4n) is 4.01. The fraction of sp³-hybridized carbons (Fsp3) is 0.737. The maximum atomic E-state index is 12.3. The minimum Gasteiger partial charge on any atom is -0.341 e. The molecule has 0 saturated carbocycles. The lowest BCUT2D eigenvalue weighted by atomic mass is 9.95. The molecule has 1 amide bonds. The molecule has 6 nitrogen and oxygen atoms in total. The molecule has 0 N–H and O–H groups in total. The Morgan fingerprint density at radius 2 is 1.84 bits per heavy atom. The number of aryl methyl sites for hydroxylation is 1. The lowest BCUT2D eigenvalue weighted by Gasteiger charge is -2.39. The molecule has 3 rings (SSSR count). The molecule has 6 heteroatoms. The van der Waals surface area contributed by atoms with Crippen molar-refractivity contribution in [2.75, 3.05) is 26.7 Å². The summed E-state index contributed by atoms with van der Waals surface area (Å²) >= 11 is 0. The molecule has 0 aliphatic carbocycles. The van der Waals surface area contributed by atoms with E-state index < -0.39 is 0 Å². The van der Waals surface area contributed by atoms with Gasteiger partial charge in [0.2, 0.25) is 5.91 Å². The maximum absolute atomic E-state index is 12.3. The number of nitrogens with zero attached hydrogens (tertiary/aromatic N) is 4. The third-order valence-electron chi connectivity index (χ3n) is 6.02. The van der Waals surface area contributed by atoms with Crippen molar-refractivity contribution in [2.45, 2.75) is 58.5 Å². The average Bonchev–Trinajstić information content (AvgIpc) is 2.61. The Morgan fingerprint density at radius 3 is 2.56 bits per heavy atom. The Hall–Kier alpha value is -1.69. The van der Waals surface area contributed by atoms with Crippen molar-refractivity contribution in [3.05, 3.63) is 27.9 Å². The van der Waals surface area contributed by atoms with Crippen molar-refractivity contribution >= 4 is 5.91 Å². The van der Waals surface area contributed by atoms with Crippen molar-refractivity contribution in [3.63, 3.8) is 0 Å². The topological polar surface area (TPSA) is 58.4 Å². The van der Waals surface area contributed by atoms with E-state index in [1.54, 1.807) is 10.9 Å². The van der Waals surface area contributed by atoms with Crippen molar-refractivity contribution in [1.82, 2.24) is 19.4 Å². The van der Waals surface area contributed by atoms with Gasteiger partial charge in [0.25, 0.3) is 5.56 Å². The summed E-state index contributed by atoms with van der Waals surface area (Å²) in [7, 11) is 1.94. The van der Waals surface area contributed by atoms with Gasteiger partial charge in [0.05, 0.1) is 6.33 Å². The van der Waals surface area contributed by atoms with Gasteiger partial charge in [0.15, 0.2) is 0 Å². The van der Waals surface area contributed by atoms with Gasteiger partial charge in [-0.25, -0.2) is 4.98 Å². The highest BCUT2D eigenvalue weighted by Crippen LogP contribution is 2.22. The van der Waals surface area contributed by atoms with E-state index >= 15 is 0 Å². The quantitative estimate of drug-likeness (QED) is 0.831. The minimum absolute atomic E-state index is 0.0947. The number of rotatable bonds is 4. The molecular weight excluding hydrogens is 316 g/mol. The normalized spacial score (nSPS) is 23.2. The number of hydrogen-bond donors (Lipinski definition) is 0. The van der Waals surface area contributed by atoms with E-state index in [1.165, 1.54) is 0 Å². The second kappa shape index (κ2) is 7.68. The monoisotopic (exact) mass is 346 g/mol. The molecule has 1 aromatic heterocycles. The first-order chi connectivity index (χ1) is 12.0. The molecule has 3 heterocycles. The van der Waals surface area contributed by atoms with E-state index in [4.69, 9.17) is 0 Å². The first-order valence-corrected chi connectivity index (χ1v) is 9.46. The fourth-order valence-corrected chi connectivity index (χ4v) is 4.01. The van der Waals surface area contributed by atoms with Gasteiger partial charge >= 0.3 is 0 Å². The second-order valence-corrected chi connectivity index (χ2v) is 7.71. The average molecular weight is 346 g/mol. The van der Waals surface area contributed by atoms with Crippen LogP contribution in [-0.4, -0.2) is 58.0 Å². The van der Waals surface area contributed by atoms with Crippen molar-refractivity contribution < 1.29 is 4.79 Å². The van der Waals surface area contributed by atoms with E-state index in [0.717, 1.165) is 63.1 Å². The highest BCUT2D eigenvalue weighted by molar-refractivity contribution is 5.76. The smallest absolute Gasteiger partial charge is 0.256 e. The van der Waals surface area contributed by atoms with Crippen LogP contribution in [0.4, 0.5) is 0 Å². The summed E-state index contributed by atoms with van der Waals surface area (Å²) < 4.78 is 1.77. The molecule has 1 unspecified atom stereocenters. The zero-order valence-electron chi connectivity index (χ0n) is 15.7. The lowest BCUT2D eigenvalue weighted by molar-refractivity contribution is -0.135. The SMILES string of the molecule is Cc1ncn(CC2CCN(CC3CCCC(=O)N3C)CC2)c(=O)c1C. The Morgan fingerprint density at radius 1 is 1.12 bits per heavy atom. The van der Waals surface area contributed by atoms with Crippen molar-refractivity contribution in [2.24, 2.45) is 5.92 Å². The van der Waals surface area contributed by atoms with Crippen LogP contribution in [0.15, 0.2) is 11.1 Å². The van der Waals surface area contributed by atoms with Crippen molar-refractivity contribution in [3.8, 4) is 0 Å². The molecular formula is C19H30N4O2.